The van der Waals surface area contributed by atoms with E-state index >= 15 is 0 Å². The molecular weight excluding hydrogens is 212 g/mol. The first kappa shape index (κ1) is 13.6. The Morgan fingerprint density at radius 2 is 2.00 bits per heavy atom. The van der Waals surface area contributed by atoms with Crippen LogP contribution >= 0.6 is 0 Å². The van der Waals surface area contributed by atoms with Gasteiger partial charge in [0.05, 0.1) is 33.0 Å². The molecular formula is C11H20O5. The molecule has 0 aromatic heterocycles. The summed E-state index contributed by atoms with van der Waals surface area (Å²) in [5.41, 5.74) is 0. The Morgan fingerprint density at radius 3 is 2.69 bits per heavy atom. The molecule has 0 spiro atoms. The van der Waals surface area contributed by atoms with Crippen LogP contribution in [0.1, 0.15) is 6.42 Å². The lowest BCUT2D eigenvalue weighted by atomic mass is 10.0. The van der Waals surface area contributed by atoms with Gasteiger partial charge in [0.15, 0.2) is 5.78 Å². The molecule has 1 fully saturated rings. The third-order valence-corrected chi connectivity index (χ3v) is 2.43. The molecule has 0 saturated carbocycles. The van der Waals surface area contributed by atoms with Crippen LogP contribution in [0.4, 0.5) is 0 Å². The molecule has 16 heavy (non-hydrogen) atoms. The third kappa shape index (κ3) is 5.55. The summed E-state index contributed by atoms with van der Waals surface area (Å²) < 4.78 is 20.4. The molecule has 1 atom stereocenters. The number of ether oxygens (including phenoxy) is 4. The first-order valence-corrected chi connectivity index (χ1v) is 5.59. The van der Waals surface area contributed by atoms with Crippen molar-refractivity contribution in [1.29, 1.82) is 0 Å². The lowest BCUT2D eigenvalue weighted by Gasteiger charge is -2.07. The first-order valence-electron chi connectivity index (χ1n) is 5.59. The first-order chi connectivity index (χ1) is 7.84. The second-order valence-corrected chi connectivity index (χ2v) is 3.68. The van der Waals surface area contributed by atoms with Gasteiger partial charge in [-0.25, -0.2) is 0 Å². The predicted molar refractivity (Wildman–Crippen MR) is 57.4 cm³/mol. The van der Waals surface area contributed by atoms with Gasteiger partial charge < -0.3 is 18.9 Å². The highest BCUT2D eigenvalue weighted by Gasteiger charge is 2.22. The molecule has 5 heteroatoms. The van der Waals surface area contributed by atoms with Crippen molar-refractivity contribution in [2.24, 2.45) is 5.92 Å². The minimum absolute atomic E-state index is 0.0365. The van der Waals surface area contributed by atoms with E-state index in [-0.39, 0.29) is 18.3 Å². The Kier molecular flexibility index (Phi) is 7.33. The Hall–Kier alpha value is -0.490. The average Bonchev–Trinajstić information content (AvgIpc) is 2.81. The van der Waals surface area contributed by atoms with Crippen LogP contribution < -0.4 is 0 Å². The van der Waals surface area contributed by atoms with Crippen molar-refractivity contribution in [3.63, 3.8) is 0 Å². The minimum atomic E-state index is 0.0365. The summed E-state index contributed by atoms with van der Waals surface area (Å²) in [6.45, 7) is 3.49. The van der Waals surface area contributed by atoms with Gasteiger partial charge in [-0.1, -0.05) is 0 Å². The Labute approximate surface area is 96.0 Å². The van der Waals surface area contributed by atoms with Crippen molar-refractivity contribution < 1.29 is 23.7 Å². The molecule has 1 unspecified atom stereocenters. The monoisotopic (exact) mass is 232 g/mol. The highest BCUT2D eigenvalue weighted by Crippen LogP contribution is 2.13. The molecule has 5 nitrogen and oxygen atoms in total. The zero-order valence-electron chi connectivity index (χ0n) is 9.78. The Balaban J connectivity index is 1.88. The maximum atomic E-state index is 11.5. The zero-order chi connectivity index (χ0) is 11.6. The molecule has 0 bridgehead atoms. The average molecular weight is 232 g/mol. The molecule has 1 rings (SSSR count). The van der Waals surface area contributed by atoms with Crippen LogP contribution in [-0.2, 0) is 23.7 Å². The van der Waals surface area contributed by atoms with Gasteiger partial charge in [-0.3, -0.25) is 4.79 Å². The van der Waals surface area contributed by atoms with Gasteiger partial charge in [0.25, 0.3) is 0 Å². The van der Waals surface area contributed by atoms with E-state index in [1.165, 1.54) is 0 Å². The van der Waals surface area contributed by atoms with Gasteiger partial charge in [-0.15, -0.1) is 0 Å². The quantitative estimate of drug-likeness (QED) is 0.534. The van der Waals surface area contributed by atoms with Crippen LogP contribution in [-0.4, -0.2) is 59.1 Å². The second kappa shape index (κ2) is 8.64. The summed E-state index contributed by atoms with van der Waals surface area (Å²) in [4.78, 5) is 11.5. The van der Waals surface area contributed by atoms with E-state index in [0.29, 0.717) is 39.6 Å². The number of Topliss-reactive ketones (excluding diaryl/α,β-unsaturated/α-hetero) is 1. The van der Waals surface area contributed by atoms with Crippen LogP contribution in [0.3, 0.4) is 0 Å². The smallest absolute Gasteiger partial charge is 0.163 e. The van der Waals surface area contributed by atoms with E-state index in [9.17, 15) is 4.79 Å². The molecule has 1 aliphatic heterocycles. The van der Waals surface area contributed by atoms with Gasteiger partial charge in [-0.2, -0.15) is 0 Å². The van der Waals surface area contributed by atoms with E-state index in [0.717, 1.165) is 6.42 Å². The number of hydrogen-bond acceptors (Lipinski definition) is 5. The summed E-state index contributed by atoms with van der Waals surface area (Å²) >= 11 is 0. The van der Waals surface area contributed by atoms with Gasteiger partial charge in [0, 0.05) is 19.6 Å². The molecule has 1 saturated heterocycles. The van der Waals surface area contributed by atoms with Crippen molar-refractivity contribution in [1.82, 2.24) is 0 Å². The Bertz CT molecular complexity index is 189. The Morgan fingerprint density at radius 1 is 1.25 bits per heavy atom. The maximum Gasteiger partial charge on any atom is 0.163 e. The van der Waals surface area contributed by atoms with Crippen LogP contribution in [0.15, 0.2) is 0 Å². The van der Waals surface area contributed by atoms with Crippen molar-refractivity contribution >= 4 is 5.78 Å². The number of rotatable bonds is 9. The van der Waals surface area contributed by atoms with E-state index in [4.69, 9.17) is 18.9 Å². The summed E-state index contributed by atoms with van der Waals surface area (Å²) in [7, 11) is 1.63. The fourth-order valence-electron chi connectivity index (χ4n) is 1.44. The topological polar surface area (TPSA) is 54.0 Å². The minimum Gasteiger partial charge on any atom is -0.382 e. The van der Waals surface area contributed by atoms with Crippen molar-refractivity contribution in [3.05, 3.63) is 0 Å². The standard InChI is InChI=1S/C11H20O5/c1-13-4-5-14-6-7-16-9-11(12)10-2-3-15-8-10/h10H,2-9H2,1H3. The maximum absolute atomic E-state index is 11.5. The molecule has 0 aliphatic carbocycles. The normalized spacial score (nSPS) is 20.2. The fourth-order valence-corrected chi connectivity index (χ4v) is 1.44. The molecule has 0 aromatic carbocycles. The van der Waals surface area contributed by atoms with Crippen LogP contribution in [0.2, 0.25) is 0 Å². The molecule has 94 valence electrons. The van der Waals surface area contributed by atoms with Crippen LogP contribution in [0.5, 0.6) is 0 Å². The van der Waals surface area contributed by atoms with Crippen LogP contribution in [0, 0.1) is 5.92 Å². The van der Waals surface area contributed by atoms with Crippen LogP contribution in [0.25, 0.3) is 0 Å². The van der Waals surface area contributed by atoms with E-state index in [2.05, 4.69) is 0 Å². The lowest BCUT2D eigenvalue weighted by molar-refractivity contribution is -0.128. The highest BCUT2D eigenvalue weighted by molar-refractivity contribution is 5.82. The van der Waals surface area contributed by atoms with Gasteiger partial charge in [0.2, 0.25) is 0 Å². The van der Waals surface area contributed by atoms with Gasteiger partial charge >= 0.3 is 0 Å². The molecule has 1 aliphatic rings. The van der Waals surface area contributed by atoms with Gasteiger partial charge in [-0.05, 0) is 6.42 Å². The summed E-state index contributed by atoms with van der Waals surface area (Å²) in [5.74, 6) is 0.170. The summed E-state index contributed by atoms with van der Waals surface area (Å²) in [6.07, 6.45) is 0.826. The molecule has 0 N–H and O–H groups in total. The summed E-state index contributed by atoms with van der Waals surface area (Å²) in [5, 5.41) is 0. The van der Waals surface area contributed by atoms with E-state index in [1.54, 1.807) is 7.11 Å². The molecule has 0 radical (unpaired) electrons. The predicted octanol–water partition coefficient (Wildman–Crippen LogP) is 0.272. The highest BCUT2D eigenvalue weighted by atomic mass is 16.5. The zero-order valence-corrected chi connectivity index (χ0v) is 9.78. The van der Waals surface area contributed by atoms with Gasteiger partial charge in [0.1, 0.15) is 6.61 Å². The number of carbonyl (C=O) groups is 1. The lowest BCUT2D eigenvalue weighted by Crippen LogP contribution is -2.21. The van der Waals surface area contributed by atoms with Crippen molar-refractivity contribution in [2.75, 3.05) is 53.4 Å². The fraction of sp³-hybridized carbons (Fsp3) is 0.909. The summed E-state index contributed by atoms with van der Waals surface area (Å²) in [6, 6.07) is 0. The SMILES string of the molecule is COCCOCCOCC(=O)C1CCOC1. The largest absolute Gasteiger partial charge is 0.382 e. The van der Waals surface area contributed by atoms with E-state index in [1.807, 2.05) is 0 Å². The number of ketones is 1. The van der Waals surface area contributed by atoms with E-state index < -0.39 is 0 Å². The van der Waals surface area contributed by atoms with Crippen molar-refractivity contribution in [3.8, 4) is 0 Å². The number of carbonyl (C=O) groups excluding carboxylic acids is 1. The second-order valence-electron chi connectivity index (χ2n) is 3.68. The molecule has 0 amide bonds. The number of methoxy groups -OCH3 is 1. The van der Waals surface area contributed by atoms with Crippen molar-refractivity contribution in [2.45, 2.75) is 6.42 Å². The molecule has 1 heterocycles. The number of hydrogen-bond donors (Lipinski definition) is 0. The molecule has 0 aromatic rings. The third-order valence-electron chi connectivity index (χ3n) is 2.43.